The predicted molar refractivity (Wildman–Crippen MR) is 124 cm³/mol. The Labute approximate surface area is 193 Å². The number of halogens is 1. The summed E-state index contributed by atoms with van der Waals surface area (Å²) in [5.74, 6) is 1.60. The zero-order valence-corrected chi connectivity index (χ0v) is 19.1. The molecule has 33 heavy (non-hydrogen) atoms. The van der Waals surface area contributed by atoms with Crippen LogP contribution in [0.3, 0.4) is 0 Å². The highest BCUT2D eigenvalue weighted by molar-refractivity contribution is 5.98. The Kier molecular flexibility index (Phi) is 6.82. The van der Waals surface area contributed by atoms with Gasteiger partial charge in [-0.1, -0.05) is 18.2 Å². The summed E-state index contributed by atoms with van der Waals surface area (Å²) in [6.45, 7) is 7.12. The van der Waals surface area contributed by atoms with Crippen LogP contribution in [0.15, 0.2) is 66.7 Å². The van der Waals surface area contributed by atoms with E-state index in [9.17, 15) is 9.18 Å². The number of carbonyl (C=O) groups excluding carboxylic acids is 1. The van der Waals surface area contributed by atoms with Gasteiger partial charge in [-0.25, -0.2) is 4.39 Å². The van der Waals surface area contributed by atoms with Gasteiger partial charge in [-0.2, -0.15) is 0 Å². The number of benzene rings is 3. The van der Waals surface area contributed by atoms with Crippen LogP contribution in [0.25, 0.3) is 0 Å². The third-order valence-electron chi connectivity index (χ3n) is 5.46. The first-order valence-corrected chi connectivity index (χ1v) is 11.2. The molecule has 0 spiro atoms. The molecule has 3 aromatic carbocycles. The van der Waals surface area contributed by atoms with E-state index < -0.39 is 5.82 Å². The van der Waals surface area contributed by atoms with Gasteiger partial charge < -0.3 is 19.1 Å². The summed E-state index contributed by atoms with van der Waals surface area (Å²) in [5, 5.41) is 0. The van der Waals surface area contributed by atoms with Crippen molar-refractivity contribution in [3.8, 4) is 17.2 Å². The molecule has 0 N–H and O–H groups in total. The largest absolute Gasteiger partial charge is 0.494 e. The highest BCUT2D eigenvalue weighted by Crippen LogP contribution is 2.33. The minimum atomic E-state index is -0.415. The molecule has 1 heterocycles. The molecule has 5 nitrogen and oxygen atoms in total. The third kappa shape index (κ3) is 5.28. The minimum absolute atomic E-state index is 0.0687. The number of ether oxygens (including phenoxy) is 3. The molecule has 1 unspecified atom stereocenters. The second kappa shape index (κ2) is 9.94. The summed E-state index contributed by atoms with van der Waals surface area (Å²) in [7, 11) is 0. The van der Waals surface area contributed by atoms with E-state index in [1.165, 1.54) is 12.1 Å². The SMILES string of the molecule is CCOc1ccc(OCC(c2ccc(OC(C)C)cc2)N2Cc3ccc(F)cc3C2=O)cc1. The molecule has 1 amide bonds. The Morgan fingerprint density at radius 2 is 1.55 bits per heavy atom. The van der Waals surface area contributed by atoms with Crippen molar-refractivity contribution in [1.82, 2.24) is 4.90 Å². The molecule has 1 atom stereocenters. The highest BCUT2D eigenvalue weighted by atomic mass is 19.1. The highest BCUT2D eigenvalue weighted by Gasteiger charge is 2.34. The molecule has 0 radical (unpaired) electrons. The van der Waals surface area contributed by atoms with Crippen molar-refractivity contribution in [1.29, 1.82) is 0 Å². The summed E-state index contributed by atoms with van der Waals surface area (Å²) in [5.41, 5.74) is 2.13. The van der Waals surface area contributed by atoms with E-state index in [0.29, 0.717) is 24.5 Å². The van der Waals surface area contributed by atoms with E-state index in [0.717, 1.165) is 22.6 Å². The molecule has 0 fully saturated rings. The van der Waals surface area contributed by atoms with Gasteiger partial charge in [0.05, 0.1) is 18.8 Å². The number of hydrogen-bond donors (Lipinski definition) is 0. The Hall–Kier alpha value is -3.54. The maximum atomic E-state index is 13.8. The van der Waals surface area contributed by atoms with Crippen molar-refractivity contribution >= 4 is 5.91 Å². The van der Waals surface area contributed by atoms with Gasteiger partial charge in [0.25, 0.3) is 5.91 Å². The predicted octanol–water partition coefficient (Wildman–Crippen LogP) is 5.79. The second-order valence-electron chi connectivity index (χ2n) is 8.20. The van der Waals surface area contributed by atoms with E-state index in [1.807, 2.05) is 69.3 Å². The van der Waals surface area contributed by atoms with E-state index in [1.54, 1.807) is 11.0 Å². The summed E-state index contributed by atoms with van der Waals surface area (Å²) in [6, 6.07) is 19.1. The number of hydrogen-bond acceptors (Lipinski definition) is 4. The zero-order valence-electron chi connectivity index (χ0n) is 19.1. The fourth-order valence-corrected chi connectivity index (χ4v) is 3.93. The molecular weight excluding hydrogens is 421 g/mol. The lowest BCUT2D eigenvalue weighted by atomic mass is 10.1. The molecule has 172 valence electrons. The lowest BCUT2D eigenvalue weighted by Crippen LogP contribution is -2.33. The second-order valence-corrected chi connectivity index (χ2v) is 8.20. The van der Waals surface area contributed by atoms with Crippen LogP contribution in [-0.4, -0.2) is 30.1 Å². The van der Waals surface area contributed by atoms with Crippen LogP contribution >= 0.6 is 0 Å². The standard InChI is InChI=1S/C27H28FNO4/c1-4-31-22-11-13-23(14-12-22)32-17-26(19-6-9-24(10-7-19)33-18(2)3)29-16-20-5-8-21(28)15-25(20)27(29)30/h5-15,18,26H,4,16-17H2,1-3H3. The third-order valence-corrected chi connectivity index (χ3v) is 5.46. The molecule has 6 heteroatoms. The minimum Gasteiger partial charge on any atom is -0.494 e. The van der Waals surface area contributed by atoms with Gasteiger partial charge in [0.2, 0.25) is 0 Å². The summed E-state index contributed by atoms with van der Waals surface area (Å²) in [6.07, 6.45) is 0.0687. The fourth-order valence-electron chi connectivity index (χ4n) is 3.93. The quantitative estimate of drug-likeness (QED) is 0.415. The molecule has 1 aliphatic rings. The van der Waals surface area contributed by atoms with Gasteiger partial charge >= 0.3 is 0 Å². The average Bonchev–Trinajstić information content (AvgIpc) is 3.11. The van der Waals surface area contributed by atoms with Gasteiger partial charge in [0.15, 0.2) is 0 Å². The van der Waals surface area contributed by atoms with Crippen LogP contribution in [0, 0.1) is 5.82 Å². The van der Waals surface area contributed by atoms with Crippen LogP contribution in [0.1, 0.15) is 48.3 Å². The number of rotatable bonds is 9. The first-order valence-electron chi connectivity index (χ1n) is 11.2. The summed E-state index contributed by atoms with van der Waals surface area (Å²) >= 11 is 0. The first-order chi connectivity index (χ1) is 15.9. The van der Waals surface area contributed by atoms with Crippen molar-refractivity contribution in [3.05, 3.63) is 89.2 Å². The summed E-state index contributed by atoms with van der Waals surface area (Å²) in [4.78, 5) is 14.9. The molecule has 1 aliphatic heterocycles. The van der Waals surface area contributed by atoms with Crippen molar-refractivity contribution in [2.75, 3.05) is 13.2 Å². The zero-order chi connectivity index (χ0) is 23.4. The Morgan fingerprint density at radius 3 is 2.18 bits per heavy atom. The van der Waals surface area contributed by atoms with Crippen molar-refractivity contribution in [3.63, 3.8) is 0 Å². The Bertz CT molecular complexity index is 1100. The molecule has 0 saturated carbocycles. The lowest BCUT2D eigenvalue weighted by molar-refractivity contribution is 0.0635. The normalized spacial score (nSPS) is 13.7. The van der Waals surface area contributed by atoms with Crippen LogP contribution in [0.4, 0.5) is 4.39 Å². The number of fused-ring (bicyclic) bond motifs is 1. The van der Waals surface area contributed by atoms with Crippen LogP contribution in [0.5, 0.6) is 17.2 Å². The van der Waals surface area contributed by atoms with Gasteiger partial charge in [0.1, 0.15) is 29.7 Å². The van der Waals surface area contributed by atoms with Crippen LogP contribution in [0.2, 0.25) is 0 Å². The van der Waals surface area contributed by atoms with E-state index in [-0.39, 0.29) is 24.7 Å². The van der Waals surface area contributed by atoms with Gasteiger partial charge in [0, 0.05) is 12.1 Å². The molecule has 4 rings (SSSR count). The maximum absolute atomic E-state index is 13.8. The molecule has 0 aromatic heterocycles. The maximum Gasteiger partial charge on any atom is 0.255 e. The van der Waals surface area contributed by atoms with Gasteiger partial charge in [-0.15, -0.1) is 0 Å². The van der Waals surface area contributed by atoms with E-state index in [2.05, 4.69) is 0 Å². The van der Waals surface area contributed by atoms with Crippen molar-refractivity contribution < 1.29 is 23.4 Å². The lowest BCUT2D eigenvalue weighted by Gasteiger charge is -2.28. The van der Waals surface area contributed by atoms with Gasteiger partial charge in [-0.3, -0.25) is 4.79 Å². The Balaban J connectivity index is 1.57. The number of amides is 1. The van der Waals surface area contributed by atoms with Crippen molar-refractivity contribution in [2.24, 2.45) is 0 Å². The molecule has 0 bridgehead atoms. The molecule has 0 aliphatic carbocycles. The fraction of sp³-hybridized carbons (Fsp3) is 0.296. The average molecular weight is 450 g/mol. The monoisotopic (exact) mass is 449 g/mol. The van der Waals surface area contributed by atoms with E-state index in [4.69, 9.17) is 14.2 Å². The molecular formula is C27H28FNO4. The van der Waals surface area contributed by atoms with E-state index >= 15 is 0 Å². The number of carbonyl (C=O) groups is 1. The van der Waals surface area contributed by atoms with Gasteiger partial charge in [-0.05, 0) is 80.4 Å². The van der Waals surface area contributed by atoms with Crippen LogP contribution < -0.4 is 14.2 Å². The van der Waals surface area contributed by atoms with Crippen LogP contribution in [-0.2, 0) is 6.54 Å². The van der Waals surface area contributed by atoms with Crippen molar-refractivity contribution in [2.45, 2.75) is 39.5 Å². The first kappa shape index (κ1) is 22.6. The molecule has 3 aromatic rings. The Morgan fingerprint density at radius 1 is 0.909 bits per heavy atom. The molecule has 0 saturated heterocycles. The topological polar surface area (TPSA) is 48.0 Å². The summed E-state index contributed by atoms with van der Waals surface area (Å²) < 4.78 is 31.1. The number of nitrogens with zero attached hydrogens (tertiary/aromatic N) is 1. The smallest absolute Gasteiger partial charge is 0.255 e.